The van der Waals surface area contributed by atoms with Gasteiger partial charge in [0.1, 0.15) is 11.8 Å². The number of phenols is 1. The number of hydrogen-bond acceptors (Lipinski definition) is 5. The van der Waals surface area contributed by atoms with Crippen molar-refractivity contribution in [2.24, 2.45) is 0 Å². The van der Waals surface area contributed by atoms with Gasteiger partial charge in [-0.15, -0.1) is 0 Å². The summed E-state index contributed by atoms with van der Waals surface area (Å²) in [6.45, 7) is 1.23. The van der Waals surface area contributed by atoms with Crippen LogP contribution in [0.1, 0.15) is 17.3 Å². The Hall–Kier alpha value is -2.64. The Morgan fingerprint density at radius 3 is 2.56 bits per heavy atom. The molecule has 0 aromatic heterocycles. The first-order valence-corrected chi connectivity index (χ1v) is 4.84. The number of carbonyl (C=O) groups is 2. The molecule has 18 heavy (non-hydrogen) atoms. The van der Waals surface area contributed by atoms with E-state index in [1.54, 1.807) is 0 Å². The molecule has 8 heteroatoms. The molecular formula is C10H10N2O6. The predicted octanol–water partition coefficient (Wildman–Crippen LogP) is 0.503. The normalized spacial score (nSPS) is 11.6. The Balaban J connectivity index is 3.01. The number of phenolic OH excluding ortho intramolecular Hbond substituents is 1. The maximum Gasteiger partial charge on any atom is 0.325 e. The van der Waals surface area contributed by atoms with E-state index in [4.69, 9.17) is 5.11 Å². The van der Waals surface area contributed by atoms with Gasteiger partial charge in [0.15, 0.2) is 0 Å². The number of nitro groups is 1. The molecule has 0 aliphatic heterocycles. The minimum Gasteiger partial charge on any atom is -0.507 e. The van der Waals surface area contributed by atoms with E-state index >= 15 is 0 Å². The minimum atomic E-state index is -1.26. The van der Waals surface area contributed by atoms with Crippen molar-refractivity contribution in [2.45, 2.75) is 13.0 Å². The van der Waals surface area contributed by atoms with Gasteiger partial charge in [-0.3, -0.25) is 19.7 Å². The highest BCUT2D eigenvalue weighted by molar-refractivity contribution is 5.99. The highest BCUT2D eigenvalue weighted by atomic mass is 16.6. The van der Waals surface area contributed by atoms with Crippen molar-refractivity contribution in [1.82, 2.24) is 5.32 Å². The van der Waals surface area contributed by atoms with Crippen LogP contribution < -0.4 is 5.32 Å². The van der Waals surface area contributed by atoms with E-state index in [0.29, 0.717) is 0 Å². The average molecular weight is 254 g/mol. The molecule has 0 bridgehead atoms. The molecule has 0 aliphatic carbocycles. The molecule has 0 radical (unpaired) electrons. The molecule has 1 atom stereocenters. The lowest BCUT2D eigenvalue weighted by Crippen LogP contribution is -2.38. The van der Waals surface area contributed by atoms with E-state index in [-0.39, 0.29) is 11.3 Å². The summed E-state index contributed by atoms with van der Waals surface area (Å²) in [7, 11) is 0. The number of hydrogen-bond donors (Lipinski definition) is 3. The highest BCUT2D eigenvalue weighted by Gasteiger charge is 2.20. The van der Waals surface area contributed by atoms with Crippen molar-refractivity contribution in [2.75, 3.05) is 0 Å². The third-order valence-corrected chi connectivity index (χ3v) is 2.15. The summed E-state index contributed by atoms with van der Waals surface area (Å²) in [5, 5.41) is 30.6. The third-order valence-electron chi connectivity index (χ3n) is 2.15. The van der Waals surface area contributed by atoms with Crippen molar-refractivity contribution in [3.63, 3.8) is 0 Å². The van der Waals surface area contributed by atoms with Crippen LogP contribution in [-0.4, -0.2) is 33.1 Å². The first-order valence-electron chi connectivity index (χ1n) is 4.84. The average Bonchev–Trinajstić information content (AvgIpc) is 2.28. The number of aromatic hydroxyl groups is 1. The van der Waals surface area contributed by atoms with Crippen molar-refractivity contribution in [3.8, 4) is 5.75 Å². The number of carboxylic acid groups (broad SMARTS) is 1. The fourth-order valence-corrected chi connectivity index (χ4v) is 1.16. The fourth-order valence-electron chi connectivity index (χ4n) is 1.16. The molecule has 1 rings (SSSR count). The molecule has 1 amide bonds. The molecule has 1 aromatic rings. The van der Waals surface area contributed by atoms with Crippen molar-refractivity contribution in [1.29, 1.82) is 0 Å². The van der Waals surface area contributed by atoms with E-state index < -0.39 is 28.6 Å². The number of non-ortho nitro benzene ring substituents is 1. The van der Waals surface area contributed by atoms with Gasteiger partial charge in [0.05, 0.1) is 10.5 Å². The van der Waals surface area contributed by atoms with E-state index in [1.165, 1.54) is 6.92 Å². The zero-order valence-corrected chi connectivity index (χ0v) is 9.28. The topological polar surface area (TPSA) is 130 Å². The van der Waals surface area contributed by atoms with Gasteiger partial charge in [-0.2, -0.15) is 0 Å². The molecule has 8 nitrogen and oxygen atoms in total. The Kier molecular flexibility index (Phi) is 3.82. The highest BCUT2D eigenvalue weighted by Crippen LogP contribution is 2.22. The van der Waals surface area contributed by atoms with Gasteiger partial charge in [0, 0.05) is 12.1 Å². The number of aliphatic carboxylic acids is 1. The molecule has 0 saturated heterocycles. The van der Waals surface area contributed by atoms with Crippen LogP contribution in [0.15, 0.2) is 18.2 Å². The monoisotopic (exact) mass is 254 g/mol. The van der Waals surface area contributed by atoms with Gasteiger partial charge < -0.3 is 15.5 Å². The molecule has 0 aliphatic rings. The van der Waals surface area contributed by atoms with Crippen molar-refractivity contribution < 1.29 is 24.7 Å². The molecule has 0 spiro atoms. The van der Waals surface area contributed by atoms with E-state index in [9.17, 15) is 24.8 Å². The maximum absolute atomic E-state index is 11.6. The Bertz CT molecular complexity index is 513. The largest absolute Gasteiger partial charge is 0.507 e. The van der Waals surface area contributed by atoms with Crippen LogP contribution >= 0.6 is 0 Å². The van der Waals surface area contributed by atoms with Crippen LogP contribution in [0.5, 0.6) is 5.75 Å². The van der Waals surface area contributed by atoms with Gasteiger partial charge >= 0.3 is 5.97 Å². The molecule has 0 unspecified atom stereocenters. The van der Waals surface area contributed by atoms with Crippen LogP contribution in [0.4, 0.5) is 5.69 Å². The molecule has 0 fully saturated rings. The van der Waals surface area contributed by atoms with E-state index in [2.05, 4.69) is 5.32 Å². The van der Waals surface area contributed by atoms with E-state index in [0.717, 1.165) is 18.2 Å². The molecule has 0 heterocycles. The second-order valence-electron chi connectivity index (χ2n) is 3.49. The van der Waals surface area contributed by atoms with Crippen molar-refractivity contribution >= 4 is 17.6 Å². The summed E-state index contributed by atoms with van der Waals surface area (Å²) in [6.07, 6.45) is 0. The van der Waals surface area contributed by atoms with Gasteiger partial charge in [-0.05, 0) is 13.0 Å². The van der Waals surface area contributed by atoms with Gasteiger partial charge in [0.25, 0.3) is 11.6 Å². The number of nitrogens with zero attached hydrogens (tertiary/aromatic N) is 1. The molecule has 0 saturated carbocycles. The lowest BCUT2D eigenvalue weighted by molar-refractivity contribution is -0.384. The summed E-state index contributed by atoms with van der Waals surface area (Å²) < 4.78 is 0. The van der Waals surface area contributed by atoms with Crippen LogP contribution in [0.25, 0.3) is 0 Å². The standard InChI is InChI=1S/C10H10N2O6/c1-5(10(15)16)11-9(14)7-4-6(12(17)18)2-3-8(7)13/h2-5,13H,1H3,(H,11,14)(H,15,16)/t5-/m0/s1. The summed E-state index contributed by atoms with van der Waals surface area (Å²) >= 11 is 0. The first-order chi connectivity index (χ1) is 8.32. The third kappa shape index (κ3) is 2.94. The summed E-state index contributed by atoms with van der Waals surface area (Å²) in [6, 6.07) is 1.74. The number of rotatable bonds is 4. The summed E-state index contributed by atoms with van der Waals surface area (Å²) in [4.78, 5) is 31.9. The van der Waals surface area contributed by atoms with E-state index in [1.807, 2.05) is 0 Å². The number of nitrogens with one attached hydrogen (secondary N) is 1. The zero-order valence-electron chi connectivity index (χ0n) is 9.28. The summed E-state index contributed by atoms with van der Waals surface area (Å²) in [5.74, 6) is -2.62. The number of carboxylic acids is 1. The van der Waals surface area contributed by atoms with Crippen LogP contribution in [0.2, 0.25) is 0 Å². The first kappa shape index (κ1) is 13.4. The lowest BCUT2D eigenvalue weighted by atomic mass is 10.1. The lowest BCUT2D eigenvalue weighted by Gasteiger charge is -2.09. The van der Waals surface area contributed by atoms with Crippen LogP contribution in [0.3, 0.4) is 0 Å². The molecule has 3 N–H and O–H groups in total. The van der Waals surface area contributed by atoms with Crippen LogP contribution in [-0.2, 0) is 4.79 Å². The Morgan fingerprint density at radius 1 is 1.44 bits per heavy atom. The number of carbonyl (C=O) groups excluding carboxylic acids is 1. The van der Waals surface area contributed by atoms with Gasteiger partial charge in [0.2, 0.25) is 0 Å². The molecular weight excluding hydrogens is 244 g/mol. The number of amides is 1. The summed E-state index contributed by atoms with van der Waals surface area (Å²) in [5.41, 5.74) is -0.724. The Morgan fingerprint density at radius 2 is 2.06 bits per heavy atom. The van der Waals surface area contributed by atoms with Crippen LogP contribution in [0, 0.1) is 10.1 Å². The quantitative estimate of drug-likeness (QED) is 0.530. The SMILES string of the molecule is C[C@H](NC(=O)c1cc([N+](=O)[O-])ccc1O)C(=O)O. The number of nitro benzene ring substituents is 1. The molecule has 1 aromatic carbocycles. The minimum absolute atomic E-state index is 0.350. The zero-order chi connectivity index (χ0) is 13.9. The maximum atomic E-state index is 11.6. The second-order valence-corrected chi connectivity index (χ2v) is 3.49. The fraction of sp³-hybridized carbons (Fsp3) is 0.200. The Labute approximate surface area is 101 Å². The molecule has 96 valence electrons. The van der Waals surface area contributed by atoms with Crippen molar-refractivity contribution in [3.05, 3.63) is 33.9 Å². The van der Waals surface area contributed by atoms with Gasteiger partial charge in [-0.25, -0.2) is 0 Å². The second kappa shape index (κ2) is 5.13. The predicted molar refractivity (Wildman–Crippen MR) is 59.3 cm³/mol. The smallest absolute Gasteiger partial charge is 0.325 e. The number of benzene rings is 1. The van der Waals surface area contributed by atoms with Gasteiger partial charge in [-0.1, -0.05) is 0 Å².